The third kappa shape index (κ3) is 4.07. The number of hydrogen-bond donors (Lipinski definition) is 1. The Labute approximate surface area is 186 Å². The number of hydrogen-bond acceptors (Lipinski definition) is 3. The molecule has 2 nitrogen and oxygen atoms in total. The monoisotopic (exact) mass is 421 g/mol. The van der Waals surface area contributed by atoms with Crippen molar-refractivity contribution in [2.24, 2.45) is 0 Å². The summed E-state index contributed by atoms with van der Waals surface area (Å²) in [6, 6.07) is 11.6. The van der Waals surface area contributed by atoms with Crippen molar-refractivity contribution in [1.29, 1.82) is 0 Å². The standard InChI is InChI=1S/C27H35NOS/c1-7-29-25-9-8-19(13-20-16-28-17-30-20)14-22(25)21-15-24-23(12-18(21)2)26(3,4)10-11-27(24,5)6/h8-9,12-15,28H,7,10-11,16-17H2,1-6H3. The lowest BCUT2D eigenvalue weighted by Gasteiger charge is -2.42. The van der Waals surface area contributed by atoms with Crippen molar-refractivity contribution in [1.82, 2.24) is 5.32 Å². The average Bonchev–Trinajstić information content (AvgIpc) is 3.20. The SMILES string of the molecule is CCOc1ccc(C=C2CNCS2)cc1-c1cc2c(cc1C)C(C)(C)CCC2(C)C. The van der Waals surface area contributed by atoms with Gasteiger partial charge in [-0.05, 0) is 89.6 Å². The van der Waals surface area contributed by atoms with Gasteiger partial charge in [-0.25, -0.2) is 0 Å². The first kappa shape index (κ1) is 21.5. The molecule has 2 aromatic rings. The smallest absolute Gasteiger partial charge is 0.127 e. The van der Waals surface area contributed by atoms with Crippen LogP contribution in [0.15, 0.2) is 35.2 Å². The molecule has 0 atom stereocenters. The molecule has 0 bridgehead atoms. The van der Waals surface area contributed by atoms with Crippen molar-refractivity contribution in [3.05, 3.63) is 57.5 Å². The second-order valence-electron chi connectivity index (χ2n) is 10.00. The summed E-state index contributed by atoms with van der Waals surface area (Å²) < 4.78 is 6.07. The predicted molar refractivity (Wildman–Crippen MR) is 132 cm³/mol. The van der Waals surface area contributed by atoms with E-state index in [1.807, 2.05) is 11.8 Å². The van der Waals surface area contributed by atoms with Crippen LogP contribution in [0.4, 0.5) is 0 Å². The average molecular weight is 422 g/mol. The Morgan fingerprint density at radius 3 is 2.33 bits per heavy atom. The summed E-state index contributed by atoms with van der Waals surface area (Å²) in [5.74, 6) is 1.98. The van der Waals surface area contributed by atoms with Crippen LogP contribution in [0.1, 0.15) is 69.7 Å². The topological polar surface area (TPSA) is 21.3 Å². The van der Waals surface area contributed by atoms with Gasteiger partial charge in [0.2, 0.25) is 0 Å². The van der Waals surface area contributed by atoms with E-state index in [0.29, 0.717) is 6.61 Å². The molecule has 2 aliphatic rings. The van der Waals surface area contributed by atoms with Gasteiger partial charge in [0.25, 0.3) is 0 Å². The van der Waals surface area contributed by atoms with Crippen molar-refractivity contribution in [2.45, 2.75) is 65.2 Å². The van der Waals surface area contributed by atoms with E-state index in [2.05, 4.69) is 83.3 Å². The summed E-state index contributed by atoms with van der Waals surface area (Å²) >= 11 is 1.89. The molecule has 1 fully saturated rings. The number of aryl methyl sites for hydroxylation is 1. The Balaban J connectivity index is 1.88. The summed E-state index contributed by atoms with van der Waals surface area (Å²) in [6.07, 6.45) is 4.78. The zero-order valence-electron chi connectivity index (χ0n) is 19.3. The Morgan fingerprint density at radius 2 is 1.70 bits per heavy atom. The second-order valence-corrected chi connectivity index (χ2v) is 11.1. The summed E-state index contributed by atoms with van der Waals surface area (Å²) in [7, 11) is 0. The Bertz CT molecular complexity index is 979. The molecule has 160 valence electrons. The normalized spacial score (nSPS) is 20.9. The number of ether oxygens (including phenoxy) is 1. The van der Waals surface area contributed by atoms with Crippen LogP contribution < -0.4 is 10.1 Å². The lowest BCUT2D eigenvalue weighted by molar-refractivity contribution is 0.331. The fourth-order valence-electron chi connectivity index (χ4n) is 4.79. The van der Waals surface area contributed by atoms with Crippen molar-refractivity contribution in [3.8, 4) is 16.9 Å². The fraction of sp³-hybridized carbons (Fsp3) is 0.481. The molecule has 2 aromatic carbocycles. The molecular formula is C27H35NOS. The molecule has 0 amide bonds. The molecule has 1 saturated heterocycles. The van der Waals surface area contributed by atoms with E-state index >= 15 is 0 Å². The largest absolute Gasteiger partial charge is 0.493 e. The van der Waals surface area contributed by atoms with Crippen LogP contribution in [0.5, 0.6) is 5.75 Å². The molecule has 3 heteroatoms. The first-order valence-electron chi connectivity index (χ1n) is 11.2. The first-order valence-corrected chi connectivity index (χ1v) is 12.2. The number of fused-ring (bicyclic) bond motifs is 1. The minimum absolute atomic E-state index is 0.199. The van der Waals surface area contributed by atoms with Crippen LogP contribution in [-0.2, 0) is 10.8 Å². The van der Waals surface area contributed by atoms with Gasteiger partial charge in [0.15, 0.2) is 0 Å². The highest BCUT2D eigenvalue weighted by molar-refractivity contribution is 8.03. The highest BCUT2D eigenvalue weighted by atomic mass is 32.2. The molecule has 1 aliphatic heterocycles. The molecule has 0 aromatic heterocycles. The van der Waals surface area contributed by atoms with Gasteiger partial charge in [-0.3, -0.25) is 0 Å². The Hall–Kier alpha value is -1.71. The van der Waals surface area contributed by atoms with E-state index in [0.717, 1.165) is 18.2 Å². The van der Waals surface area contributed by atoms with E-state index < -0.39 is 0 Å². The van der Waals surface area contributed by atoms with Crippen molar-refractivity contribution in [2.75, 3.05) is 19.0 Å². The van der Waals surface area contributed by atoms with Crippen LogP contribution in [-0.4, -0.2) is 19.0 Å². The number of rotatable bonds is 4. The minimum Gasteiger partial charge on any atom is -0.493 e. The highest BCUT2D eigenvalue weighted by Gasteiger charge is 2.37. The van der Waals surface area contributed by atoms with E-state index in [1.54, 1.807) is 0 Å². The number of benzene rings is 2. The Kier molecular flexibility index (Phi) is 5.80. The zero-order valence-corrected chi connectivity index (χ0v) is 20.1. The van der Waals surface area contributed by atoms with E-state index in [-0.39, 0.29) is 10.8 Å². The van der Waals surface area contributed by atoms with Crippen LogP contribution in [0.2, 0.25) is 0 Å². The fourth-order valence-corrected chi connectivity index (χ4v) is 5.60. The van der Waals surface area contributed by atoms with Gasteiger partial charge in [0.1, 0.15) is 5.75 Å². The second kappa shape index (κ2) is 8.09. The van der Waals surface area contributed by atoms with Crippen molar-refractivity contribution < 1.29 is 4.74 Å². The van der Waals surface area contributed by atoms with Crippen LogP contribution in [0.3, 0.4) is 0 Å². The molecule has 1 aliphatic carbocycles. The Morgan fingerprint density at radius 1 is 1.00 bits per heavy atom. The maximum Gasteiger partial charge on any atom is 0.127 e. The summed E-state index contributed by atoms with van der Waals surface area (Å²) in [5.41, 5.74) is 8.55. The molecule has 1 N–H and O–H groups in total. The van der Waals surface area contributed by atoms with Crippen LogP contribution in [0, 0.1) is 6.92 Å². The molecule has 0 unspecified atom stereocenters. The molecule has 0 radical (unpaired) electrons. The molecular weight excluding hydrogens is 386 g/mol. The van der Waals surface area contributed by atoms with Gasteiger partial charge < -0.3 is 10.1 Å². The summed E-state index contributed by atoms with van der Waals surface area (Å²) in [6.45, 7) is 15.5. The molecule has 1 heterocycles. The van der Waals surface area contributed by atoms with Gasteiger partial charge in [-0.2, -0.15) is 0 Å². The maximum atomic E-state index is 6.07. The zero-order chi connectivity index (χ0) is 21.5. The maximum absolute atomic E-state index is 6.07. The van der Waals surface area contributed by atoms with E-state index in [1.165, 1.54) is 51.1 Å². The van der Waals surface area contributed by atoms with E-state index in [9.17, 15) is 0 Å². The minimum atomic E-state index is 0.199. The molecule has 4 rings (SSSR count). The molecule has 0 saturated carbocycles. The quantitative estimate of drug-likeness (QED) is 0.572. The van der Waals surface area contributed by atoms with Crippen molar-refractivity contribution >= 4 is 17.8 Å². The van der Waals surface area contributed by atoms with Gasteiger partial charge in [-0.15, -0.1) is 11.8 Å². The van der Waals surface area contributed by atoms with Gasteiger partial charge in [0, 0.05) is 22.9 Å². The lowest BCUT2D eigenvalue weighted by Crippen LogP contribution is -2.34. The third-order valence-corrected chi connectivity index (χ3v) is 7.76. The first-order chi connectivity index (χ1) is 14.2. The van der Waals surface area contributed by atoms with Gasteiger partial charge in [0.05, 0.1) is 6.61 Å². The highest BCUT2D eigenvalue weighted by Crippen LogP contribution is 2.48. The number of thioether (sulfide) groups is 1. The van der Waals surface area contributed by atoms with Crippen LogP contribution >= 0.6 is 11.8 Å². The summed E-state index contributed by atoms with van der Waals surface area (Å²) in [5, 5.41) is 3.40. The van der Waals surface area contributed by atoms with Crippen molar-refractivity contribution in [3.63, 3.8) is 0 Å². The molecule has 30 heavy (non-hydrogen) atoms. The van der Waals surface area contributed by atoms with E-state index in [4.69, 9.17) is 4.74 Å². The third-order valence-electron chi connectivity index (χ3n) is 6.78. The summed E-state index contributed by atoms with van der Waals surface area (Å²) in [4.78, 5) is 1.40. The predicted octanol–water partition coefficient (Wildman–Crippen LogP) is 7.04. The lowest BCUT2D eigenvalue weighted by atomic mass is 9.62. The van der Waals surface area contributed by atoms with Gasteiger partial charge in [-0.1, -0.05) is 39.8 Å². The van der Waals surface area contributed by atoms with Crippen LogP contribution in [0.25, 0.3) is 17.2 Å². The van der Waals surface area contributed by atoms with Gasteiger partial charge >= 0.3 is 0 Å². The number of nitrogens with one attached hydrogen (secondary N) is 1. The molecule has 0 spiro atoms.